The molecule has 0 saturated carbocycles. The van der Waals surface area contributed by atoms with E-state index >= 15 is 0 Å². The number of aliphatic carboxylic acids is 1. The molecule has 0 bridgehead atoms. The van der Waals surface area contributed by atoms with Gasteiger partial charge < -0.3 is 24.5 Å². The van der Waals surface area contributed by atoms with E-state index in [2.05, 4.69) is 5.32 Å². The number of anilines is 1. The summed E-state index contributed by atoms with van der Waals surface area (Å²) in [6.07, 6.45) is 7.24. The lowest BCUT2D eigenvalue weighted by molar-refractivity contribution is -0.137. The number of para-hydroxylation sites is 1. The SMILES string of the molecule is O=C(c1ccccc1)c1ccccc1N[C@@H](Cc1ccc(OCCCN(Cc2ccccc2)C(=O)/C=C/c2ccoc2)cc1)C(=O)O. The second-order valence-corrected chi connectivity index (χ2v) is 11.0. The van der Waals surface area contributed by atoms with Gasteiger partial charge in [-0.25, -0.2) is 4.79 Å². The first kappa shape index (κ1) is 32.5. The Kier molecular flexibility index (Phi) is 11.4. The Labute approximate surface area is 273 Å². The third kappa shape index (κ3) is 9.55. The molecule has 0 aliphatic carbocycles. The predicted molar refractivity (Wildman–Crippen MR) is 181 cm³/mol. The van der Waals surface area contributed by atoms with Gasteiger partial charge in [-0.1, -0.05) is 84.9 Å². The Morgan fingerprint density at radius 1 is 0.830 bits per heavy atom. The van der Waals surface area contributed by atoms with E-state index in [4.69, 9.17) is 9.15 Å². The number of carboxylic acids is 1. The van der Waals surface area contributed by atoms with Gasteiger partial charge in [-0.15, -0.1) is 0 Å². The van der Waals surface area contributed by atoms with Gasteiger partial charge >= 0.3 is 5.97 Å². The van der Waals surface area contributed by atoms with Crippen LogP contribution in [0.15, 0.2) is 138 Å². The van der Waals surface area contributed by atoms with Crippen molar-refractivity contribution in [3.63, 3.8) is 0 Å². The fraction of sp³-hybridized carbons (Fsp3) is 0.154. The summed E-state index contributed by atoms with van der Waals surface area (Å²) in [6, 6.07) is 33.8. The van der Waals surface area contributed by atoms with E-state index in [0.717, 1.165) is 16.7 Å². The minimum atomic E-state index is -1.03. The summed E-state index contributed by atoms with van der Waals surface area (Å²) in [5.74, 6) is -0.666. The quantitative estimate of drug-likeness (QED) is 0.0680. The maximum Gasteiger partial charge on any atom is 0.326 e. The topological polar surface area (TPSA) is 109 Å². The molecule has 1 aromatic heterocycles. The first-order valence-corrected chi connectivity index (χ1v) is 15.4. The fourth-order valence-corrected chi connectivity index (χ4v) is 5.06. The van der Waals surface area contributed by atoms with Crippen molar-refractivity contribution in [1.29, 1.82) is 0 Å². The maximum atomic E-state index is 13.1. The van der Waals surface area contributed by atoms with E-state index in [-0.39, 0.29) is 18.1 Å². The van der Waals surface area contributed by atoms with E-state index in [1.165, 1.54) is 0 Å². The highest BCUT2D eigenvalue weighted by Gasteiger charge is 2.21. The molecule has 1 atom stereocenters. The number of hydrogen-bond acceptors (Lipinski definition) is 6. The van der Waals surface area contributed by atoms with Crippen LogP contribution in [0, 0.1) is 0 Å². The smallest absolute Gasteiger partial charge is 0.326 e. The lowest BCUT2D eigenvalue weighted by Gasteiger charge is -2.21. The van der Waals surface area contributed by atoms with Crippen LogP contribution in [0.2, 0.25) is 0 Å². The molecule has 0 spiro atoms. The number of ketones is 1. The highest BCUT2D eigenvalue weighted by Crippen LogP contribution is 2.22. The van der Waals surface area contributed by atoms with Crippen molar-refractivity contribution in [2.24, 2.45) is 0 Å². The van der Waals surface area contributed by atoms with Crippen LogP contribution in [0.1, 0.15) is 39.0 Å². The molecule has 0 fully saturated rings. The maximum absolute atomic E-state index is 13.1. The standard InChI is InChI=1S/C39H36N2O6/c42-37(21-18-31-22-25-46-28-31)41(27-30-10-3-1-4-11-30)23-9-24-47-33-19-16-29(17-20-33)26-36(39(44)45)40-35-15-8-7-14-34(35)38(43)32-12-5-2-6-13-32/h1-8,10-22,25,28,36,40H,9,23-24,26-27H2,(H,44,45)/b21-18+/t36-/m0/s1. The second kappa shape index (κ2) is 16.4. The lowest BCUT2D eigenvalue weighted by atomic mass is 10.00. The number of furan rings is 1. The first-order valence-electron chi connectivity index (χ1n) is 15.4. The van der Waals surface area contributed by atoms with Gasteiger partial charge in [-0.2, -0.15) is 0 Å². The van der Waals surface area contributed by atoms with Crippen molar-refractivity contribution in [3.8, 4) is 5.75 Å². The summed E-state index contributed by atoms with van der Waals surface area (Å²) < 4.78 is 11.0. The van der Waals surface area contributed by atoms with Gasteiger partial charge in [0.15, 0.2) is 5.78 Å². The van der Waals surface area contributed by atoms with E-state index in [9.17, 15) is 19.5 Å². The van der Waals surface area contributed by atoms with Crippen molar-refractivity contribution in [3.05, 3.63) is 162 Å². The molecule has 238 valence electrons. The molecule has 5 aromatic rings. The van der Waals surface area contributed by atoms with Crippen LogP contribution in [0.3, 0.4) is 0 Å². The predicted octanol–water partition coefficient (Wildman–Crippen LogP) is 7.13. The van der Waals surface area contributed by atoms with E-state index in [0.29, 0.717) is 48.7 Å². The van der Waals surface area contributed by atoms with Crippen LogP contribution in [0.25, 0.3) is 6.08 Å². The number of hydrogen-bond donors (Lipinski definition) is 2. The molecule has 4 aromatic carbocycles. The highest BCUT2D eigenvalue weighted by molar-refractivity contribution is 6.12. The van der Waals surface area contributed by atoms with Crippen LogP contribution in [0.4, 0.5) is 5.69 Å². The van der Waals surface area contributed by atoms with Crippen molar-refractivity contribution >= 4 is 29.4 Å². The van der Waals surface area contributed by atoms with Gasteiger partial charge in [-0.05, 0) is 54.0 Å². The van der Waals surface area contributed by atoms with E-state index in [1.807, 2.05) is 60.7 Å². The third-order valence-corrected chi connectivity index (χ3v) is 7.53. The minimum absolute atomic E-state index is 0.104. The summed E-state index contributed by atoms with van der Waals surface area (Å²) in [5, 5.41) is 13.1. The number of amides is 1. The molecule has 0 aliphatic heterocycles. The van der Waals surface area contributed by atoms with Gasteiger partial charge in [0.1, 0.15) is 11.8 Å². The number of ether oxygens (including phenoxy) is 1. The summed E-state index contributed by atoms with van der Waals surface area (Å²) in [7, 11) is 0. The average molecular weight is 629 g/mol. The van der Waals surface area contributed by atoms with Crippen LogP contribution >= 0.6 is 0 Å². The molecule has 1 amide bonds. The van der Waals surface area contributed by atoms with Crippen LogP contribution in [-0.4, -0.2) is 46.9 Å². The second-order valence-electron chi connectivity index (χ2n) is 11.0. The average Bonchev–Trinajstić information content (AvgIpc) is 3.63. The molecule has 1 heterocycles. The lowest BCUT2D eigenvalue weighted by Crippen LogP contribution is -2.32. The molecular weight excluding hydrogens is 592 g/mol. The molecular formula is C39H36N2O6. The fourth-order valence-electron chi connectivity index (χ4n) is 5.06. The Bertz CT molecular complexity index is 1770. The normalized spacial score (nSPS) is 11.6. The molecule has 0 unspecified atom stereocenters. The molecule has 47 heavy (non-hydrogen) atoms. The van der Waals surface area contributed by atoms with Crippen molar-refractivity contribution in [1.82, 2.24) is 4.90 Å². The zero-order valence-corrected chi connectivity index (χ0v) is 25.8. The molecule has 8 nitrogen and oxygen atoms in total. The first-order chi connectivity index (χ1) is 23.0. The number of nitrogens with one attached hydrogen (secondary N) is 1. The van der Waals surface area contributed by atoms with Crippen molar-refractivity contribution < 1.29 is 28.6 Å². The molecule has 0 saturated heterocycles. The Morgan fingerprint density at radius 2 is 1.53 bits per heavy atom. The van der Waals surface area contributed by atoms with E-state index in [1.54, 1.807) is 84.2 Å². The number of benzene rings is 4. The number of carbonyl (C=O) groups is 3. The Hall–Kier alpha value is -5.89. The zero-order chi connectivity index (χ0) is 32.8. The Balaban J connectivity index is 1.15. The molecule has 2 N–H and O–H groups in total. The summed E-state index contributed by atoms with van der Waals surface area (Å²) >= 11 is 0. The van der Waals surface area contributed by atoms with Crippen molar-refractivity contribution in [2.45, 2.75) is 25.4 Å². The van der Waals surface area contributed by atoms with Crippen LogP contribution in [-0.2, 0) is 22.6 Å². The van der Waals surface area contributed by atoms with Crippen molar-refractivity contribution in [2.75, 3.05) is 18.5 Å². The number of carbonyl (C=O) groups excluding carboxylic acids is 2. The van der Waals surface area contributed by atoms with Gasteiger partial charge in [-0.3, -0.25) is 9.59 Å². The largest absolute Gasteiger partial charge is 0.494 e. The molecule has 0 aliphatic rings. The van der Waals surface area contributed by atoms with Crippen LogP contribution < -0.4 is 10.1 Å². The Morgan fingerprint density at radius 3 is 2.23 bits per heavy atom. The number of rotatable bonds is 16. The van der Waals surface area contributed by atoms with Gasteiger partial charge in [0, 0.05) is 48.0 Å². The monoisotopic (exact) mass is 628 g/mol. The van der Waals surface area contributed by atoms with E-state index < -0.39 is 12.0 Å². The summed E-state index contributed by atoms with van der Waals surface area (Å²) in [6.45, 7) is 1.38. The van der Waals surface area contributed by atoms with Crippen LogP contribution in [0.5, 0.6) is 5.75 Å². The summed E-state index contributed by atoms with van der Waals surface area (Å²) in [5.41, 5.74) is 4.06. The molecule has 0 radical (unpaired) electrons. The minimum Gasteiger partial charge on any atom is -0.494 e. The molecule has 5 rings (SSSR count). The van der Waals surface area contributed by atoms with Gasteiger partial charge in [0.25, 0.3) is 0 Å². The number of carboxylic acid groups (broad SMARTS) is 1. The highest BCUT2D eigenvalue weighted by atomic mass is 16.5. The summed E-state index contributed by atoms with van der Waals surface area (Å²) in [4.78, 5) is 40.1. The number of nitrogens with zero attached hydrogens (tertiary/aromatic N) is 1. The van der Waals surface area contributed by atoms with Gasteiger partial charge in [0.05, 0.1) is 19.1 Å². The van der Waals surface area contributed by atoms with Gasteiger partial charge in [0.2, 0.25) is 5.91 Å². The third-order valence-electron chi connectivity index (χ3n) is 7.53. The zero-order valence-electron chi connectivity index (χ0n) is 25.8. The molecule has 8 heteroatoms.